The van der Waals surface area contributed by atoms with E-state index in [0.717, 1.165) is 11.1 Å². The summed E-state index contributed by atoms with van der Waals surface area (Å²) in [5, 5.41) is 0.968. The standard InChI is InChI=1S/C10H10FN/c1-7-6-8-4-3-5-9(11)10(8)12(7)2/h3-6H,1-2H3. The molecule has 0 aliphatic heterocycles. The van der Waals surface area contributed by atoms with Gasteiger partial charge in [0.25, 0.3) is 0 Å². The molecule has 2 heteroatoms. The zero-order valence-corrected chi connectivity index (χ0v) is 7.13. The predicted octanol–water partition coefficient (Wildman–Crippen LogP) is 2.63. The van der Waals surface area contributed by atoms with Gasteiger partial charge in [-0.1, -0.05) is 12.1 Å². The molecule has 0 unspecified atom stereocenters. The molecular weight excluding hydrogens is 153 g/mol. The number of hydrogen-bond acceptors (Lipinski definition) is 0. The number of benzene rings is 1. The molecule has 0 N–H and O–H groups in total. The molecule has 62 valence electrons. The van der Waals surface area contributed by atoms with E-state index in [0.29, 0.717) is 5.52 Å². The van der Waals surface area contributed by atoms with Crippen LogP contribution in [0.5, 0.6) is 0 Å². The molecule has 1 heterocycles. The van der Waals surface area contributed by atoms with Gasteiger partial charge >= 0.3 is 0 Å². The SMILES string of the molecule is Cc1cc2cccc(F)c2n1C. The summed E-state index contributed by atoms with van der Waals surface area (Å²) in [5.41, 5.74) is 1.77. The molecule has 0 radical (unpaired) electrons. The molecule has 0 atom stereocenters. The number of halogens is 1. The second-order valence-corrected chi connectivity index (χ2v) is 3.02. The highest BCUT2D eigenvalue weighted by Crippen LogP contribution is 2.20. The molecule has 0 spiro atoms. The van der Waals surface area contributed by atoms with Gasteiger partial charge in [0.1, 0.15) is 5.82 Å². The summed E-state index contributed by atoms with van der Waals surface area (Å²) in [4.78, 5) is 0. The average Bonchev–Trinajstić information content (AvgIpc) is 2.29. The molecule has 0 aliphatic carbocycles. The number of hydrogen-bond donors (Lipinski definition) is 0. The van der Waals surface area contributed by atoms with E-state index in [2.05, 4.69) is 0 Å². The van der Waals surface area contributed by atoms with Crippen LogP contribution in [-0.4, -0.2) is 4.57 Å². The topological polar surface area (TPSA) is 4.93 Å². The van der Waals surface area contributed by atoms with Crippen LogP contribution < -0.4 is 0 Å². The fourth-order valence-electron chi connectivity index (χ4n) is 1.50. The lowest BCUT2D eigenvalue weighted by atomic mass is 10.2. The third-order valence-corrected chi connectivity index (χ3v) is 2.25. The Labute approximate surface area is 70.4 Å². The van der Waals surface area contributed by atoms with E-state index in [1.54, 1.807) is 6.07 Å². The first-order chi connectivity index (χ1) is 5.70. The number of aromatic nitrogens is 1. The molecule has 1 aromatic carbocycles. The summed E-state index contributed by atoms with van der Waals surface area (Å²) in [6.45, 7) is 1.97. The molecule has 0 aliphatic rings. The Kier molecular flexibility index (Phi) is 1.43. The van der Waals surface area contributed by atoms with Gasteiger partial charge in [0.05, 0.1) is 5.52 Å². The van der Waals surface area contributed by atoms with E-state index in [9.17, 15) is 4.39 Å². The summed E-state index contributed by atoms with van der Waals surface area (Å²) in [6.07, 6.45) is 0. The minimum Gasteiger partial charge on any atom is -0.346 e. The van der Waals surface area contributed by atoms with Crippen molar-refractivity contribution in [3.63, 3.8) is 0 Å². The molecular formula is C10H10FN. The third-order valence-electron chi connectivity index (χ3n) is 2.25. The minimum absolute atomic E-state index is 0.150. The lowest BCUT2D eigenvalue weighted by molar-refractivity contribution is 0.631. The molecule has 0 saturated carbocycles. The number of para-hydroxylation sites is 1. The van der Waals surface area contributed by atoms with Crippen LogP contribution >= 0.6 is 0 Å². The van der Waals surface area contributed by atoms with Gasteiger partial charge in [-0.2, -0.15) is 0 Å². The first-order valence-electron chi connectivity index (χ1n) is 3.90. The van der Waals surface area contributed by atoms with E-state index in [4.69, 9.17) is 0 Å². The Morgan fingerprint density at radius 2 is 2.08 bits per heavy atom. The van der Waals surface area contributed by atoms with Crippen molar-refractivity contribution >= 4 is 10.9 Å². The summed E-state index contributed by atoms with van der Waals surface area (Å²) >= 11 is 0. The van der Waals surface area contributed by atoms with Crippen molar-refractivity contribution in [1.29, 1.82) is 0 Å². The van der Waals surface area contributed by atoms with Crippen LogP contribution in [0.3, 0.4) is 0 Å². The Morgan fingerprint density at radius 1 is 1.33 bits per heavy atom. The first kappa shape index (κ1) is 7.35. The summed E-state index contributed by atoms with van der Waals surface area (Å²) in [7, 11) is 1.88. The Morgan fingerprint density at radius 3 is 2.75 bits per heavy atom. The van der Waals surface area contributed by atoms with Crippen molar-refractivity contribution in [3.05, 3.63) is 35.8 Å². The van der Waals surface area contributed by atoms with Crippen LogP contribution in [0.1, 0.15) is 5.69 Å². The zero-order chi connectivity index (χ0) is 8.72. The maximum absolute atomic E-state index is 13.2. The monoisotopic (exact) mass is 163 g/mol. The van der Waals surface area contributed by atoms with Crippen LogP contribution in [0.15, 0.2) is 24.3 Å². The van der Waals surface area contributed by atoms with Gasteiger partial charge in [-0.25, -0.2) is 4.39 Å². The third kappa shape index (κ3) is 0.843. The normalized spacial score (nSPS) is 10.9. The van der Waals surface area contributed by atoms with Gasteiger partial charge in [-0.15, -0.1) is 0 Å². The van der Waals surface area contributed by atoms with Crippen molar-refractivity contribution in [2.45, 2.75) is 6.92 Å². The molecule has 2 rings (SSSR count). The fourth-order valence-corrected chi connectivity index (χ4v) is 1.50. The van der Waals surface area contributed by atoms with E-state index in [1.807, 2.05) is 30.7 Å². The van der Waals surface area contributed by atoms with Gasteiger partial charge < -0.3 is 4.57 Å². The second-order valence-electron chi connectivity index (χ2n) is 3.02. The largest absolute Gasteiger partial charge is 0.346 e. The highest BCUT2D eigenvalue weighted by atomic mass is 19.1. The number of aryl methyl sites for hydroxylation is 2. The molecule has 1 nitrogen and oxygen atoms in total. The Hall–Kier alpha value is -1.31. The van der Waals surface area contributed by atoms with Crippen molar-refractivity contribution < 1.29 is 4.39 Å². The lowest BCUT2D eigenvalue weighted by Crippen LogP contribution is -1.91. The van der Waals surface area contributed by atoms with E-state index >= 15 is 0 Å². The lowest BCUT2D eigenvalue weighted by Gasteiger charge is -1.98. The Balaban J connectivity index is 2.97. The number of nitrogens with zero attached hydrogens (tertiary/aromatic N) is 1. The van der Waals surface area contributed by atoms with Crippen LogP contribution in [0.2, 0.25) is 0 Å². The van der Waals surface area contributed by atoms with E-state index in [-0.39, 0.29) is 5.82 Å². The summed E-state index contributed by atoms with van der Waals surface area (Å²) in [5.74, 6) is -0.150. The van der Waals surface area contributed by atoms with Gasteiger partial charge in [-0.05, 0) is 19.1 Å². The van der Waals surface area contributed by atoms with Gasteiger partial charge in [0, 0.05) is 18.1 Å². The quantitative estimate of drug-likeness (QED) is 0.562. The minimum atomic E-state index is -0.150. The maximum Gasteiger partial charge on any atom is 0.147 e. The predicted molar refractivity (Wildman–Crippen MR) is 47.6 cm³/mol. The van der Waals surface area contributed by atoms with E-state index < -0.39 is 0 Å². The molecule has 0 fully saturated rings. The first-order valence-corrected chi connectivity index (χ1v) is 3.90. The molecule has 0 saturated heterocycles. The molecule has 2 aromatic rings. The maximum atomic E-state index is 13.2. The fraction of sp³-hybridized carbons (Fsp3) is 0.200. The van der Waals surface area contributed by atoms with Crippen LogP contribution in [0.4, 0.5) is 4.39 Å². The molecule has 0 bridgehead atoms. The molecule has 12 heavy (non-hydrogen) atoms. The van der Waals surface area contributed by atoms with Crippen LogP contribution in [0, 0.1) is 12.7 Å². The molecule has 1 aromatic heterocycles. The highest BCUT2D eigenvalue weighted by molar-refractivity contribution is 5.81. The van der Waals surface area contributed by atoms with E-state index in [1.165, 1.54) is 6.07 Å². The van der Waals surface area contributed by atoms with Gasteiger partial charge in [0.2, 0.25) is 0 Å². The van der Waals surface area contributed by atoms with Crippen LogP contribution in [-0.2, 0) is 7.05 Å². The van der Waals surface area contributed by atoms with Crippen molar-refractivity contribution in [1.82, 2.24) is 4.57 Å². The smallest absolute Gasteiger partial charge is 0.147 e. The van der Waals surface area contributed by atoms with Gasteiger partial charge in [0.15, 0.2) is 0 Å². The van der Waals surface area contributed by atoms with Gasteiger partial charge in [-0.3, -0.25) is 0 Å². The average molecular weight is 163 g/mol. The molecule has 0 amide bonds. The highest BCUT2D eigenvalue weighted by Gasteiger charge is 2.05. The van der Waals surface area contributed by atoms with Crippen LogP contribution in [0.25, 0.3) is 10.9 Å². The second kappa shape index (κ2) is 2.34. The van der Waals surface area contributed by atoms with Crippen molar-refractivity contribution in [3.8, 4) is 0 Å². The zero-order valence-electron chi connectivity index (χ0n) is 7.13. The summed E-state index contributed by atoms with van der Waals surface area (Å²) < 4.78 is 15.1. The summed E-state index contributed by atoms with van der Waals surface area (Å²) in [6, 6.07) is 7.13. The number of rotatable bonds is 0. The van der Waals surface area contributed by atoms with Crippen molar-refractivity contribution in [2.24, 2.45) is 7.05 Å². The Bertz CT molecular complexity index is 429. The number of fused-ring (bicyclic) bond motifs is 1. The van der Waals surface area contributed by atoms with Crippen molar-refractivity contribution in [2.75, 3.05) is 0 Å².